The van der Waals surface area contributed by atoms with Crippen LogP contribution in [-0.2, 0) is 6.54 Å². The lowest BCUT2D eigenvalue weighted by molar-refractivity contribution is 0.249. The molecule has 0 spiro atoms. The second-order valence-electron chi connectivity index (χ2n) is 5.66. The van der Waals surface area contributed by atoms with Crippen molar-refractivity contribution in [3.8, 4) is 11.5 Å². The Hall–Kier alpha value is -2.70. The topological polar surface area (TPSA) is 77.4 Å². The van der Waals surface area contributed by atoms with E-state index < -0.39 is 0 Å². The van der Waals surface area contributed by atoms with Gasteiger partial charge in [0, 0.05) is 12.7 Å². The molecule has 2 N–H and O–H groups in total. The molecule has 1 aromatic carbocycles. The van der Waals surface area contributed by atoms with Gasteiger partial charge < -0.3 is 20.1 Å². The van der Waals surface area contributed by atoms with Crippen molar-refractivity contribution < 1.29 is 14.3 Å². The van der Waals surface area contributed by atoms with Crippen molar-refractivity contribution >= 4 is 11.7 Å². The quantitative estimate of drug-likeness (QED) is 0.766. The number of hydrogen-bond donors (Lipinski definition) is 2. The van der Waals surface area contributed by atoms with Crippen molar-refractivity contribution in [3.05, 3.63) is 36.2 Å². The summed E-state index contributed by atoms with van der Waals surface area (Å²) in [6, 6.07) is 5.20. The number of amides is 2. The van der Waals surface area contributed by atoms with Crippen LogP contribution in [0.3, 0.4) is 0 Å². The lowest BCUT2D eigenvalue weighted by Gasteiger charge is -2.17. The molecule has 0 unspecified atom stereocenters. The smallest absolute Gasteiger partial charge is 0.319 e. The molecule has 0 bridgehead atoms. The fourth-order valence-electron chi connectivity index (χ4n) is 2.33. The van der Waals surface area contributed by atoms with Crippen LogP contribution in [0, 0.1) is 0 Å². The highest BCUT2D eigenvalue weighted by Gasteiger charge is 2.13. The molecule has 0 aliphatic carbocycles. The van der Waals surface area contributed by atoms with Gasteiger partial charge in [-0.15, -0.1) is 0 Å². The number of urea groups is 1. The van der Waals surface area contributed by atoms with Crippen LogP contribution in [0.25, 0.3) is 0 Å². The molecule has 0 fully saturated rings. The highest BCUT2D eigenvalue weighted by atomic mass is 16.5. The number of aromatic nitrogens is 2. The van der Waals surface area contributed by atoms with Gasteiger partial charge in [0.2, 0.25) is 0 Å². The molecule has 0 aliphatic heterocycles. The Labute approximate surface area is 148 Å². The molecule has 0 saturated heterocycles. The van der Waals surface area contributed by atoms with E-state index in [4.69, 9.17) is 9.47 Å². The van der Waals surface area contributed by atoms with Gasteiger partial charge in [0.15, 0.2) is 11.5 Å². The number of anilines is 1. The molecule has 1 atom stereocenters. The molecular formula is C18H26N4O3. The van der Waals surface area contributed by atoms with Crippen molar-refractivity contribution in [3.63, 3.8) is 0 Å². The maximum atomic E-state index is 12.1. The fraction of sp³-hybridized carbons (Fsp3) is 0.444. The number of carbonyl (C=O) groups excluding carboxylic acids is 1. The van der Waals surface area contributed by atoms with Crippen LogP contribution in [0.2, 0.25) is 0 Å². The molecular weight excluding hydrogens is 320 g/mol. The number of ether oxygens (including phenoxy) is 2. The van der Waals surface area contributed by atoms with Crippen molar-refractivity contribution in [2.75, 3.05) is 19.0 Å². The molecule has 1 aromatic heterocycles. The maximum absolute atomic E-state index is 12.1. The predicted octanol–water partition coefficient (Wildman–Crippen LogP) is 3.58. The van der Waals surface area contributed by atoms with Gasteiger partial charge in [0.05, 0.1) is 31.6 Å². The standard InChI is InChI=1S/C18H26N4O3/c1-5-9-25-16-8-7-14(10-17(16)24-4)13(3)20-18(23)21-15-11-19-22(6-2)12-15/h7-8,10-13H,5-6,9H2,1-4H3,(H2,20,21,23)/t13-/m1/s1. The molecule has 2 amide bonds. The van der Waals surface area contributed by atoms with E-state index in [0.29, 0.717) is 23.8 Å². The van der Waals surface area contributed by atoms with Crippen LogP contribution >= 0.6 is 0 Å². The molecule has 7 heteroatoms. The summed E-state index contributed by atoms with van der Waals surface area (Å²) in [5.74, 6) is 1.36. The van der Waals surface area contributed by atoms with E-state index in [0.717, 1.165) is 18.5 Å². The summed E-state index contributed by atoms with van der Waals surface area (Å²) in [7, 11) is 1.61. The van der Waals surface area contributed by atoms with Crippen molar-refractivity contribution in [1.29, 1.82) is 0 Å². The van der Waals surface area contributed by atoms with Crippen LogP contribution in [0.5, 0.6) is 11.5 Å². The van der Waals surface area contributed by atoms with Crippen molar-refractivity contribution in [2.24, 2.45) is 0 Å². The number of rotatable bonds is 8. The Balaban J connectivity index is 1.99. The van der Waals surface area contributed by atoms with Crippen molar-refractivity contribution in [2.45, 2.75) is 39.8 Å². The van der Waals surface area contributed by atoms with Crippen LogP contribution < -0.4 is 20.1 Å². The van der Waals surface area contributed by atoms with E-state index in [1.807, 2.05) is 32.0 Å². The summed E-state index contributed by atoms with van der Waals surface area (Å²) in [6.45, 7) is 7.34. The third kappa shape index (κ3) is 5.14. The zero-order valence-electron chi connectivity index (χ0n) is 15.2. The van der Waals surface area contributed by atoms with E-state index in [2.05, 4.69) is 22.7 Å². The zero-order chi connectivity index (χ0) is 18.2. The van der Waals surface area contributed by atoms with E-state index in [9.17, 15) is 4.79 Å². The van der Waals surface area contributed by atoms with Gasteiger partial charge >= 0.3 is 6.03 Å². The van der Waals surface area contributed by atoms with Gasteiger partial charge in [-0.3, -0.25) is 4.68 Å². The molecule has 1 heterocycles. The molecule has 0 radical (unpaired) electrons. The average Bonchev–Trinajstić information content (AvgIpc) is 3.07. The lowest BCUT2D eigenvalue weighted by Crippen LogP contribution is -2.31. The van der Waals surface area contributed by atoms with E-state index in [-0.39, 0.29) is 12.1 Å². The number of benzene rings is 1. The number of aryl methyl sites for hydroxylation is 1. The normalized spacial score (nSPS) is 11.7. The van der Waals surface area contributed by atoms with Gasteiger partial charge in [-0.05, 0) is 38.0 Å². The highest BCUT2D eigenvalue weighted by Crippen LogP contribution is 2.30. The summed E-state index contributed by atoms with van der Waals surface area (Å²) in [4.78, 5) is 12.1. The van der Waals surface area contributed by atoms with Gasteiger partial charge in [-0.25, -0.2) is 4.79 Å². The third-order valence-electron chi connectivity index (χ3n) is 3.71. The second-order valence-corrected chi connectivity index (χ2v) is 5.66. The number of nitrogens with zero attached hydrogens (tertiary/aromatic N) is 2. The van der Waals surface area contributed by atoms with E-state index in [1.165, 1.54) is 0 Å². The molecule has 0 aliphatic rings. The molecule has 7 nitrogen and oxygen atoms in total. The van der Waals surface area contributed by atoms with Crippen LogP contribution in [0.1, 0.15) is 38.8 Å². The Morgan fingerprint density at radius 2 is 2.12 bits per heavy atom. The first kappa shape index (κ1) is 18.6. The first-order valence-electron chi connectivity index (χ1n) is 8.48. The van der Waals surface area contributed by atoms with Crippen LogP contribution in [0.15, 0.2) is 30.6 Å². The summed E-state index contributed by atoms with van der Waals surface area (Å²) < 4.78 is 12.8. The van der Waals surface area contributed by atoms with Crippen LogP contribution in [-0.4, -0.2) is 29.5 Å². The highest BCUT2D eigenvalue weighted by molar-refractivity contribution is 5.89. The SMILES string of the molecule is CCCOc1ccc([C@@H](C)NC(=O)Nc2cnn(CC)c2)cc1OC. The van der Waals surface area contributed by atoms with Crippen molar-refractivity contribution in [1.82, 2.24) is 15.1 Å². The number of carbonyl (C=O) groups is 1. The Morgan fingerprint density at radius 3 is 2.76 bits per heavy atom. The molecule has 25 heavy (non-hydrogen) atoms. The molecule has 136 valence electrons. The minimum absolute atomic E-state index is 0.185. The first-order chi connectivity index (χ1) is 12.1. The number of hydrogen-bond acceptors (Lipinski definition) is 4. The minimum Gasteiger partial charge on any atom is -0.493 e. The number of methoxy groups -OCH3 is 1. The summed E-state index contributed by atoms with van der Waals surface area (Å²) >= 11 is 0. The second kappa shape index (κ2) is 8.96. The summed E-state index contributed by atoms with van der Waals surface area (Å²) in [6.07, 6.45) is 4.33. The van der Waals surface area contributed by atoms with Crippen LogP contribution in [0.4, 0.5) is 10.5 Å². The van der Waals surface area contributed by atoms with Gasteiger partial charge in [-0.1, -0.05) is 13.0 Å². The van der Waals surface area contributed by atoms with Gasteiger partial charge in [-0.2, -0.15) is 5.10 Å². The Bertz CT molecular complexity index is 699. The number of nitrogens with one attached hydrogen (secondary N) is 2. The first-order valence-corrected chi connectivity index (χ1v) is 8.48. The minimum atomic E-state index is -0.284. The summed E-state index contributed by atoms with van der Waals surface area (Å²) in [5, 5.41) is 9.80. The summed E-state index contributed by atoms with van der Waals surface area (Å²) in [5.41, 5.74) is 1.59. The third-order valence-corrected chi connectivity index (χ3v) is 3.71. The Morgan fingerprint density at radius 1 is 1.32 bits per heavy atom. The fourth-order valence-corrected chi connectivity index (χ4v) is 2.33. The van der Waals surface area contributed by atoms with Gasteiger partial charge in [0.25, 0.3) is 0 Å². The monoisotopic (exact) mass is 346 g/mol. The molecule has 2 aromatic rings. The largest absolute Gasteiger partial charge is 0.493 e. The predicted molar refractivity (Wildman–Crippen MR) is 97.3 cm³/mol. The van der Waals surface area contributed by atoms with E-state index in [1.54, 1.807) is 24.2 Å². The zero-order valence-corrected chi connectivity index (χ0v) is 15.2. The lowest BCUT2D eigenvalue weighted by atomic mass is 10.1. The molecule has 0 saturated carbocycles. The molecule has 2 rings (SSSR count). The van der Waals surface area contributed by atoms with E-state index >= 15 is 0 Å². The Kier molecular flexibility index (Phi) is 6.68. The van der Waals surface area contributed by atoms with Gasteiger partial charge in [0.1, 0.15) is 0 Å². The average molecular weight is 346 g/mol. The maximum Gasteiger partial charge on any atom is 0.319 e.